The zero-order chi connectivity index (χ0) is 16.3. The number of phenolic OH excluding ortho intramolecular Hbond substituents is 1. The molecule has 114 valence electrons. The molecule has 1 heterocycles. The van der Waals surface area contributed by atoms with Crippen LogP contribution in [-0.2, 0) is 0 Å². The molecule has 0 saturated heterocycles. The number of fused-ring (bicyclic) bond motifs is 1. The summed E-state index contributed by atoms with van der Waals surface area (Å²) in [7, 11) is 0. The molecule has 3 rings (SSSR count). The van der Waals surface area contributed by atoms with E-state index >= 15 is 0 Å². The van der Waals surface area contributed by atoms with E-state index in [-0.39, 0.29) is 11.2 Å². The van der Waals surface area contributed by atoms with Crippen LogP contribution in [0.4, 0.5) is 5.69 Å². The highest BCUT2D eigenvalue weighted by atomic mass is 16.3. The summed E-state index contributed by atoms with van der Waals surface area (Å²) in [6, 6.07) is 11.6. The Morgan fingerprint density at radius 2 is 1.77 bits per heavy atom. The lowest BCUT2D eigenvalue weighted by molar-refractivity contribution is 0.471. The first-order chi connectivity index (χ1) is 10.6. The minimum atomic E-state index is -0.138. The van der Waals surface area contributed by atoms with E-state index in [9.17, 15) is 9.90 Å². The van der Waals surface area contributed by atoms with Crippen LogP contribution >= 0.6 is 0 Å². The predicted molar refractivity (Wildman–Crippen MR) is 90.1 cm³/mol. The van der Waals surface area contributed by atoms with Gasteiger partial charge in [-0.05, 0) is 36.8 Å². The van der Waals surface area contributed by atoms with E-state index in [0.29, 0.717) is 33.5 Å². The number of hydrogen-bond acceptors (Lipinski definition) is 4. The molecule has 3 N–H and O–H groups in total. The number of nitrogens with two attached hydrogens (primary N) is 1. The van der Waals surface area contributed by atoms with Crippen molar-refractivity contribution in [3.63, 3.8) is 0 Å². The van der Waals surface area contributed by atoms with Gasteiger partial charge in [-0.2, -0.15) is 0 Å². The standard InChI is InChI=1S/C16H13NO3.C2H6/c1-9-6-12(17)11(7-13(9)18)16-8-14(19)10-4-2-3-5-15(10)20-16;1-2/h2-8,18H,17H2,1H3;1-2H3. The maximum atomic E-state index is 12.1. The fraction of sp³-hybridized carbons (Fsp3) is 0.167. The second-order valence-electron chi connectivity index (χ2n) is 4.70. The van der Waals surface area contributed by atoms with Gasteiger partial charge in [0.2, 0.25) is 0 Å². The van der Waals surface area contributed by atoms with Crippen LogP contribution in [0.15, 0.2) is 51.7 Å². The molecule has 0 radical (unpaired) electrons. The lowest BCUT2D eigenvalue weighted by atomic mass is 10.1. The minimum absolute atomic E-state index is 0.116. The number of aryl methyl sites for hydroxylation is 1. The van der Waals surface area contributed by atoms with Crippen molar-refractivity contribution in [1.82, 2.24) is 0 Å². The molecule has 0 amide bonds. The van der Waals surface area contributed by atoms with Gasteiger partial charge in [0.25, 0.3) is 0 Å². The third-order valence-corrected chi connectivity index (χ3v) is 3.27. The third kappa shape index (κ3) is 2.81. The Hall–Kier alpha value is -2.75. The number of aromatic hydroxyl groups is 1. The summed E-state index contributed by atoms with van der Waals surface area (Å²) >= 11 is 0. The van der Waals surface area contributed by atoms with Gasteiger partial charge in [-0.25, -0.2) is 0 Å². The molecule has 0 unspecified atom stereocenters. The van der Waals surface area contributed by atoms with Crippen molar-refractivity contribution in [1.29, 1.82) is 0 Å². The molecule has 0 atom stereocenters. The molecule has 4 heteroatoms. The zero-order valence-corrected chi connectivity index (χ0v) is 12.9. The Morgan fingerprint density at radius 1 is 1.09 bits per heavy atom. The van der Waals surface area contributed by atoms with Gasteiger partial charge in [-0.15, -0.1) is 0 Å². The first-order valence-electron chi connectivity index (χ1n) is 7.18. The molecule has 0 fully saturated rings. The fourth-order valence-electron chi connectivity index (χ4n) is 2.17. The van der Waals surface area contributed by atoms with Crippen molar-refractivity contribution in [2.24, 2.45) is 0 Å². The van der Waals surface area contributed by atoms with Gasteiger partial charge in [0, 0.05) is 17.3 Å². The van der Waals surface area contributed by atoms with Gasteiger partial charge in [0.05, 0.1) is 5.39 Å². The molecular formula is C18H19NO3. The van der Waals surface area contributed by atoms with E-state index in [2.05, 4.69) is 0 Å². The number of hydrogen-bond donors (Lipinski definition) is 2. The molecule has 1 aromatic heterocycles. The average molecular weight is 297 g/mol. The zero-order valence-electron chi connectivity index (χ0n) is 12.9. The van der Waals surface area contributed by atoms with E-state index in [4.69, 9.17) is 10.2 Å². The normalized spacial score (nSPS) is 10.1. The van der Waals surface area contributed by atoms with Crippen LogP contribution in [0, 0.1) is 6.92 Å². The maximum absolute atomic E-state index is 12.1. The van der Waals surface area contributed by atoms with Gasteiger partial charge >= 0.3 is 0 Å². The number of rotatable bonds is 1. The molecule has 22 heavy (non-hydrogen) atoms. The molecule has 3 aromatic rings. The topological polar surface area (TPSA) is 76.5 Å². The smallest absolute Gasteiger partial charge is 0.193 e. The Morgan fingerprint density at radius 3 is 2.50 bits per heavy atom. The van der Waals surface area contributed by atoms with Gasteiger partial charge in [-0.3, -0.25) is 4.79 Å². The lowest BCUT2D eigenvalue weighted by Gasteiger charge is -2.08. The van der Waals surface area contributed by atoms with Gasteiger partial charge in [-0.1, -0.05) is 26.0 Å². The number of benzene rings is 2. The molecule has 2 aromatic carbocycles. The molecule has 0 aliphatic heterocycles. The highest BCUT2D eigenvalue weighted by molar-refractivity contribution is 5.81. The Balaban J connectivity index is 0.000000847. The second-order valence-corrected chi connectivity index (χ2v) is 4.70. The quantitative estimate of drug-likeness (QED) is 0.524. The van der Waals surface area contributed by atoms with E-state index in [0.717, 1.165) is 0 Å². The first-order valence-corrected chi connectivity index (χ1v) is 7.18. The summed E-state index contributed by atoms with van der Waals surface area (Å²) in [5.74, 6) is 0.464. The van der Waals surface area contributed by atoms with E-state index in [1.807, 2.05) is 13.8 Å². The maximum Gasteiger partial charge on any atom is 0.193 e. The highest BCUT2D eigenvalue weighted by Gasteiger charge is 2.11. The summed E-state index contributed by atoms with van der Waals surface area (Å²) in [6.45, 7) is 5.76. The monoisotopic (exact) mass is 297 g/mol. The fourth-order valence-corrected chi connectivity index (χ4v) is 2.17. The lowest BCUT2D eigenvalue weighted by Crippen LogP contribution is -2.01. The first kappa shape index (κ1) is 15.6. The van der Waals surface area contributed by atoms with Crippen molar-refractivity contribution < 1.29 is 9.52 Å². The van der Waals surface area contributed by atoms with E-state index < -0.39 is 0 Å². The highest BCUT2D eigenvalue weighted by Crippen LogP contribution is 2.32. The second kappa shape index (κ2) is 6.35. The number of nitrogen functional groups attached to an aromatic ring is 1. The summed E-state index contributed by atoms with van der Waals surface area (Å²) in [5, 5.41) is 10.3. The number of phenols is 1. The molecule has 0 bridgehead atoms. The molecule has 0 saturated carbocycles. The minimum Gasteiger partial charge on any atom is -0.508 e. The van der Waals surface area contributed by atoms with Gasteiger partial charge in [0.15, 0.2) is 5.43 Å². The van der Waals surface area contributed by atoms with Crippen LogP contribution < -0.4 is 11.2 Å². The molecule has 0 aliphatic rings. The van der Waals surface area contributed by atoms with Crippen molar-refractivity contribution in [3.05, 3.63) is 58.3 Å². The van der Waals surface area contributed by atoms with Crippen molar-refractivity contribution in [2.75, 3.05) is 5.73 Å². The molecule has 0 spiro atoms. The van der Waals surface area contributed by atoms with Crippen molar-refractivity contribution in [2.45, 2.75) is 20.8 Å². The van der Waals surface area contributed by atoms with E-state index in [1.54, 1.807) is 37.3 Å². The van der Waals surface area contributed by atoms with E-state index in [1.165, 1.54) is 12.1 Å². The Labute approximate surface area is 128 Å². The molecular weight excluding hydrogens is 278 g/mol. The van der Waals surface area contributed by atoms with Crippen LogP contribution in [-0.4, -0.2) is 5.11 Å². The van der Waals surface area contributed by atoms with Crippen LogP contribution in [0.3, 0.4) is 0 Å². The predicted octanol–water partition coefficient (Wildman–Crippen LogP) is 4.08. The van der Waals surface area contributed by atoms with Crippen LogP contribution in [0.1, 0.15) is 19.4 Å². The van der Waals surface area contributed by atoms with Gasteiger partial charge in [0.1, 0.15) is 17.1 Å². The van der Waals surface area contributed by atoms with Gasteiger partial charge < -0.3 is 15.3 Å². The Kier molecular flexibility index (Phi) is 4.51. The number of para-hydroxylation sites is 1. The molecule has 0 aliphatic carbocycles. The van der Waals surface area contributed by atoms with Crippen LogP contribution in [0.5, 0.6) is 5.75 Å². The number of anilines is 1. The third-order valence-electron chi connectivity index (χ3n) is 3.27. The summed E-state index contributed by atoms with van der Waals surface area (Å²) in [6.07, 6.45) is 0. The van der Waals surface area contributed by atoms with Crippen molar-refractivity contribution >= 4 is 16.7 Å². The van der Waals surface area contributed by atoms with Crippen molar-refractivity contribution in [3.8, 4) is 17.1 Å². The average Bonchev–Trinajstić information content (AvgIpc) is 2.53. The molecule has 4 nitrogen and oxygen atoms in total. The van der Waals surface area contributed by atoms with Crippen LogP contribution in [0.2, 0.25) is 0 Å². The summed E-state index contributed by atoms with van der Waals surface area (Å²) < 4.78 is 5.71. The Bertz CT molecular complexity index is 866. The largest absolute Gasteiger partial charge is 0.508 e. The summed E-state index contributed by atoms with van der Waals surface area (Å²) in [4.78, 5) is 12.1. The SMILES string of the molecule is CC.Cc1cc(N)c(-c2cc(=O)c3ccccc3o2)cc1O. The van der Waals surface area contributed by atoms with Crippen LogP contribution in [0.25, 0.3) is 22.3 Å². The summed E-state index contributed by atoms with van der Waals surface area (Å²) in [5.41, 5.74) is 7.94.